The SMILES string of the molecule is COCc1cccc(C(=O)O[C@@H](C)C(=O)Nc2cc(F)ccc2F)c1. The van der Waals surface area contributed by atoms with E-state index in [1.165, 1.54) is 14.0 Å². The summed E-state index contributed by atoms with van der Waals surface area (Å²) in [7, 11) is 1.53. The lowest BCUT2D eigenvalue weighted by Crippen LogP contribution is -2.30. The number of anilines is 1. The van der Waals surface area contributed by atoms with Crippen LogP contribution in [0, 0.1) is 11.6 Å². The summed E-state index contributed by atoms with van der Waals surface area (Å²) in [4.78, 5) is 24.1. The van der Waals surface area contributed by atoms with Crippen LogP contribution in [0.4, 0.5) is 14.5 Å². The molecule has 7 heteroatoms. The van der Waals surface area contributed by atoms with Crippen molar-refractivity contribution in [1.82, 2.24) is 0 Å². The van der Waals surface area contributed by atoms with Crippen molar-refractivity contribution in [3.05, 3.63) is 65.2 Å². The van der Waals surface area contributed by atoms with Crippen molar-refractivity contribution in [3.8, 4) is 0 Å². The Kier molecular flexibility index (Phi) is 6.19. The van der Waals surface area contributed by atoms with E-state index < -0.39 is 29.6 Å². The Hall–Kier alpha value is -2.80. The monoisotopic (exact) mass is 349 g/mol. The Morgan fingerprint density at radius 2 is 1.92 bits per heavy atom. The van der Waals surface area contributed by atoms with Gasteiger partial charge in [-0.25, -0.2) is 13.6 Å². The first kappa shape index (κ1) is 18.5. The summed E-state index contributed by atoms with van der Waals surface area (Å²) in [5, 5.41) is 2.19. The van der Waals surface area contributed by atoms with Gasteiger partial charge in [0.1, 0.15) is 11.6 Å². The van der Waals surface area contributed by atoms with Crippen LogP contribution < -0.4 is 5.32 Å². The fourth-order valence-corrected chi connectivity index (χ4v) is 2.06. The zero-order chi connectivity index (χ0) is 18.4. The van der Waals surface area contributed by atoms with Gasteiger partial charge in [-0.3, -0.25) is 4.79 Å². The summed E-state index contributed by atoms with van der Waals surface area (Å²) < 4.78 is 36.7. The molecule has 1 amide bonds. The van der Waals surface area contributed by atoms with Crippen molar-refractivity contribution in [3.63, 3.8) is 0 Å². The highest BCUT2D eigenvalue weighted by atomic mass is 19.1. The fraction of sp³-hybridized carbons (Fsp3) is 0.222. The van der Waals surface area contributed by atoms with Gasteiger partial charge in [0.2, 0.25) is 0 Å². The number of carbonyl (C=O) groups is 2. The number of ether oxygens (including phenoxy) is 2. The highest BCUT2D eigenvalue weighted by Crippen LogP contribution is 2.16. The fourth-order valence-electron chi connectivity index (χ4n) is 2.06. The summed E-state index contributed by atoms with van der Waals surface area (Å²) >= 11 is 0. The smallest absolute Gasteiger partial charge is 0.338 e. The summed E-state index contributed by atoms with van der Waals surface area (Å²) in [5.41, 5.74) is 0.706. The van der Waals surface area contributed by atoms with E-state index in [4.69, 9.17) is 9.47 Å². The molecule has 0 aliphatic rings. The number of rotatable bonds is 6. The van der Waals surface area contributed by atoms with Crippen molar-refractivity contribution in [2.75, 3.05) is 12.4 Å². The van der Waals surface area contributed by atoms with Crippen LogP contribution in [0.2, 0.25) is 0 Å². The zero-order valence-electron chi connectivity index (χ0n) is 13.7. The van der Waals surface area contributed by atoms with Gasteiger partial charge in [0.05, 0.1) is 17.9 Å². The highest BCUT2D eigenvalue weighted by Gasteiger charge is 2.20. The Bertz CT molecular complexity index is 779. The molecular weight excluding hydrogens is 332 g/mol. The minimum Gasteiger partial charge on any atom is -0.449 e. The van der Waals surface area contributed by atoms with Crippen LogP contribution in [-0.2, 0) is 20.9 Å². The molecule has 5 nitrogen and oxygen atoms in total. The lowest BCUT2D eigenvalue weighted by atomic mass is 10.1. The van der Waals surface area contributed by atoms with Crippen molar-refractivity contribution >= 4 is 17.6 Å². The van der Waals surface area contributed by atoms with Gasteiger partial charge in [-0.2, -0.15) is 0 Å². The minimum atomic E-state index is -1.19. The topological polar surface area (TPSA) is 64.6 Å². The normalized spacial score (nSPS) is 11.7. The van der Waals surface area contributed by atoms with Crippen LogP contribution in [0.3, 0.4) is 0 Å². The second-order valence-corrected chi connectivity index (χ2v) is 5.29. The number of methoxy groups -OCH3 is 1. The van der Waals surface area contributed by atoms with Crippen molar-refractivity contribution in [2.45, 2.75) is 19.6 Å². The highest BCUT2D eigenvalue weighted by molar-refractivity contribution is 5.97. The molecule has 0 aliphatic carbocycles. The van der Waals surface area contributed by atoms with Gasteiger partial charge in [-0.1, -0.05) is 12.1 Å². The second kappa shape index (κ2) is 8.34. The van der Waals surface area contributed by atoms with E-state index >= 15 is 0 Å². The average Bonchev–Trinajstić information content (AvgIpc) is 2.58. The van der Waals surface area contributed by atoms with Gasteiger partial charge in [0.25, 0.3) is 5.91 Å². The molecule has 2 aromatic rings. The van der Waals surface area contributed by atoms with Crippen molar-refractivity contribution in [2.24, 2.45) is 0 Å². The van der Waals surface area contributed by atoms with Crippen LogP contribution >= 0.6 is 0 Å². The molecule has 0 bridgehead atoms. The molecule has 0 spiro atoms. The van der Waals surface area contributed by atoms with Crippen LogP contribution in [0.1, 0.15) is 22.8 Å². The van der Waals surface area contributed by atoms with E-state index in [9.17, 15) is 18.4 Å². The van der Waals surface area contributed by atoms with Gasteiger partial charge in [-0.15, -0.1) is 0 Å². The molecule has 2 rings (SSSR count). The van der Waals surface area contributed by atoms with Crippen LogP contribution in [0.25, 0.3) is 0 Å². The molecule has 2 aromatic carbocycles. The molecule has 25 heavy (non-hydrogen) atoms. The predicted octanol–water partition coefficient (Wildman–Crippen LogP) is 3.30. The molecule has 0 aromatic heterocycles. The number of benzene rings is 2. The molecular formula is C18H17F2NO4. The number of esters is 1. The first-order valence-corrected chi connectivity index (χ1v) is 7.45. The molecule has 1 N–H and O–H groups in total. The maximum absolute atomic E-state index is 13.5. The molecule has 0 heterocycles. The number of hydrogen-bond acceptors (Lipinski definition) is 4. The van der Waals surface area contributed by atoms with E-state index in [2.05, 4.69) is 5.32 Å². The summed E-state index contributed by atoms with van der Waals surface area (Å²) in [6.45, 7) is 1.67. The molecule has 0 fully saturated rings. The minimum absolute atomic E-state index is 0.256. The largest absolute Gasteiger partial charge is 0.449 e. The van der Waals surface area contributed by atoms with Crippen molar-refractivity contribution < 1.29 is 27.8 Å². The first-order chi connectivity index (χ1) is 11.9. The molecule has 0 saturated heterocycles. The lowest BCUT2D eigenvalue weighted by molar-refractivity contribution is -0.123. The summed E-state index contributed by atoms with van der Waals surface area (Å²) in [6.07, 6.45) is -1.19. The maximum atomic E-state index is 13.5. The standard InChI is InChI=1S/C18H17F2NO4/c1-11(17(22)21-16-9-14(19)6-7-15(16)20)25-18(23)13-5-3-4-12(8-13)10-24-2/h3-9,11H,10H2,1-2H3,(H,21,22)/t11-/m0/s1. The van der Waals surface area contributed by atoms with Crippen LogP contribution in [0.5, 0.6) is 0 Å². The molecule has 0 aliphatic heterocycles. The number of halogens is 2. The predicted molar refractivity (Wildman–Crippen MR) is 87.0 cm³/mol. The van der Waals surface area contributed by atoms with E-state index in [0.29, 0.717) is 6.61 Å². The average molecular weight is 349 g/mol. The quantitative estimate of drug-likeness (QED) is 0.813. The third kappa shape index (κ3) is 5.09. The Labute approximate surface area is 143 Å². The van der Waals surface area contributed by atoms with Gasteiger partial charge in [0.15, 0.2) is 6.10 Å². The Morgan fingerprint density at radius 1 is 1.16 bits per heavy atom. The summed E-state index contributed by atoms with van der Waals surface area (Å²) in [5.74, 6) is -2.97. The number of amides is 1. The zero-order valence-corrected chi connectivity index (χ0v) is 13.7. The van der Waals surface area contributed by atoms with Crippen LogP contribution in [-0.4, -0.2) is 25.1 Å². The molecule has 132 valence electrons. The Balaban J connectivity index is 2.01. The Morgan fingerprint density at radius 3 is 2.64 bits per heavy atom. The number of carbonyl (C=O) groups excluding carboxylic acids is 2. The van der Waals surface area contributed by atoms with E-state index in [0.717, 1.165) is 23.8 Å². The number of hydrogen-bond donors (Lipinski definition) is 1. The van der Waals surface area contributed by atoms with Gasteiger partial charge >= 0.3 is 5.97 Å². The van der Waals surface area contributed by atoms with E-state index in [1.54, 1.807) is 24.3 Å². The first-order valence-electron chi connectivity index (χ1n) is 7.45. The molecule has 0 radical (unpaired) electrons. The molecule has 0 saturated carbocycles. The summed E-state index contributed by atoms with van der Waals surface area (Å²) in [6, 6.07) is 9.24. The molecule has 1 atom stereocenters. The van der Waals surface area contributed by atoms with Gasteiger partial charge in [0, 0.05) is 13.2 Å². The van der Waals surface area contributed by atoms with E-state index in [1.807, 2.05) is 0 Å². The second-order valence-electron chi connectivity index (χ2n) is 5.29. The van der Waals surface area contributed by atoms with E-state index in [-0.39, 0.29) is 11.3 Å². The maximum Gasteiger partial charge on any atom is 0.338 e. The third-order valence-electron chi connectivity index (χ3n) is 3.31. The molecule has 0 unspecified atom stereocenters. The third-order valence-corrected chi connectivity index (χ3v) is 3.31. The van der Waals surface area contributed by atoms with Gasteiger partial charge < -0.3 is 14.8 Å². The number of nitrogens with one attached hydrogen (secondary N) is 1. The van der Waals surface area contributed by atoms with Crippen LogP contribution in [0.15, 0.2) is 42.5 Å². The van der Waals surface area contributed by atoms with Gasteiger partial charge in [-0.05, 0) is 36.8 Å². The lowest BCUT2D eigenvalue weighted by Gasteiger charge is -2.14. The van der Waals surface area contributed by atoms with Crippen molar-refractivity contribution in [1.29, 1.82) is 0 Å².